The topological polar surface area (TPSA) is 59.3 Å². The number of nitriles is 1. The van der Waals surface area contributed by atoms with Crippen LogP contribution in [0.25, 0.3) is 10.1 Å². The van der Waals surface area contributed by atoms with E-state index in [4.69, 9.17) is 14.3 Å². The highest BCUT2D eigenvalue weighted by atomic mass is 79.9. The maximum atomic E-state index is 14.9. The number of alkyl halides is 2. The minimum absolute atomic E-state index is 0.116. The zero-order chi connectivity index (χ0) is 18.0. The van der Waals surface area contributed by atoms with Gasteiger partial charge in [-0.25, -0.2) is 0 Å². The molecular formula is C15H15BrF2NO3PS. The molecule has 0 bridgehead atoms. The Bertz CT molecular complexity index is 824. The first-order valence-electron chi connectivity index (χ1n) is 7.15. The first kappa shape index (κ1) is 19.5. The van der Waals surface area contributed by atoms with Crippen LogP contribution in [0.4, 0.5) is 8.78 Å². The fourth-order valence-electron chi connectivity index (χ4n) is 2.20. The summed E-state index contributed by atoms with van der Waals surface area (Å²) in [5, 5.41) is 9.32. The van der Waals surface area contributed by atoms with E-state index in [9.17, 15) is 13.3 Å². The van der Waals surface area contributed by atoms with Crippen LogP contribution < -0.4 is 0 Å². The number of thiophene rings is 1. The number of benzene rings is 1. The summed E-state index contributed by atoms with van der Waals surface area (Å²) < 4.78 is 53.0. The van der Waals surface area contributed by atoms with E-state index in [0.717, 1.165) is 9.58 Å². The van der Waals surface area contributed by atoms with E-state index < -0.39 is 18.8 Å². The van der Waals surface area contributed by atoms with Crippen molar-refractivity contribution in [3.8, 4) is 6.07 Å². The number of nitrogens with zero attached hydrogens (tertiary/aromatic N) is 1. The van der Waals surface area contributed by atoms with Gasteiger partial charge in [-0.3, -0.25) is 4.57 Å². The molecule has 0 aliphatic carbocycles. The zero-order valence-electron chi connectivity index (χ0n) is 13.0. The van der Waals surface area contributed by atoms with Gasteiger partial charge >= 0.3 is 13.3 Å². The third kappa shape index (κ3) is 3.56. The van der Waals surface area contributed by atoms with Crippen LogP contribution in [0.1, 0.15) is 24.3 Å². The molecule has 2 aromatic rings. The smallest absolute Gasteiger partial charge is 0.304 e. The van der Waals surface area contributed by atoms with Gasteiger partial charge in [0.05, 0.1) is 25.7 Å². The maximum Gasteiger partial charge on any atom is 0.404 e. The van der Waals surface area contributed by atoms with Crippen molar-refractivity contribution in [2.75, 3.05) is 13.2 Å². The van der Waals surface area contributed by atoms with Crippen LogP contribution in [0.2, 0.25) is 0 Å². The molecule has 0 radical (unpaired) electrons. The normalized spacial score (nSPS) is 12.5. The lowest BCUT2D eigenvalue weighted by atomic mass is 10.1. The summed E-state index contributed by atoms with van der Waals surface area (Å²) in [6.45, 7) is 2.65. The molecule has 0 saturated carbocycles. The van der Waals surface area contributed by atoms with Gasteiger partial charge in [0.25, 0.3) is 0 Å². The van der Waals surface area contributed by atoms with Gasteiger partial charge < -0.3 is 9.05 Å². The second-order valence-corrected chi connectivity index (χ2v) is 8.89. The Morgan fingerprint density at radius 2 is 1.92 bits per heavy atom. The molecule has 1 aromatic heterocycles. The van der Waals surface area contributed by atoms with Crippen molar-refractivity contribution in [2.24, 2.45) is 0 Å². The highest BCUT2D eigenvalue weighted by molar-refractivity contribution is 9.10. The number of rotatable bonds is 7. The van der Waals surface area contributed by atoms with Crippen LogP contribution in [0.15, 0.2) is 22.7 Å². The first-order chi connectivity index (χ1) is 11.3. The van der Waals surface area contributed by atoms with Crippen molar-refractivity contribution < 1.29 is 22.4 Å². The molecule has 4 nitrogen and oxygen atoms in total. The predicted octanol–water partition coefficient (Wildman–Crippen LogP) is 6.05. The van der Waals surface area contributed by atoms with Crippen LogP contribution in [0, 0.1) is 11.3 Å². The molecule has 0 amide bonds. The molecule has 130 valence electrons. The minimum Gasteiger partial charge on any atom is -0.304 e. The van der Waals surface area contributed by atoms with Gasteiger partial charge in [0, 0.05) is 19.6 Å². The lowest BCUT2D eigenvalue weighted by Crippen LogP contribution is -2.19. The molecule has 0 fully saturated rings. The summed E-state index contributed by atoms with van der Waals surface area (Å²) in [6.07, 6.45) is 0.207. The summed E-state index contributed by atoms with van der Waals surface area (Å²) in [5.41, 5.74) is -4.26. The Hall–Kier alpha value is -0.840. The fourth-order valence-corrected chi connectivity index (χ4v) is 5.67. The molecule has 0 spiro atoms. The average Bonchev–Trinajstić information content (AvgIpc) is 2.88. The van der Waals surface area contributed by atoms with Crippen LogP contribution in [-0.2, 0) is 25.7 Å². The molecule has 0 N–H and O–H groups in total. The zero-order valence-corrected chi connectivity index (χ0v) is 16.3. The van der Waals surface area contributed by atoms with Crippen LogP contribution >= 0.6 is 34.9 Å². The molecule has 9 heteroatoms. The van der Waals surface area contributed by atoms with E-state index in [0.29, 0.717) is 5.39 Å². The standard InChI is InChI=1S/C15H15BrF2NO3PS/c1-3-21-23(20,22-4-2)15(17,18)12-8-10-7-11(5-6-19)24-14(10)9-13(12)16/h7-9H,3-5H2,1-2H3. The van der Waals surface area contributed by atoms with Gasteiger partial charge in [0.1, 0.15) is 0 Å². The van der Waals surface area contributed by atoms with Crippen molar-refractivity contribution in [2.45, 2.75) is 25.9 Å². The summed E-state index contributed by atoms with van der Waals surface area (Å²) in [6, 6.07) is 6.51. The van der Waals surface area contributed by atoms with Gasteiger partial charge in [-0.2, -0.15) is 14.0 Å². The van der Waals surface area contributed by atoms with E-state index in [1.165, 1.54) is 37.3 Å². The summed E-state index contributed by atoms with van der Waals surface area (Å²) in [5.74, 6) is 0. The third-order valence-corrected chi connectivity index (χ3v) is 7.06. The van der Waals surface area contributed by atoms with Crippen LogP contribution in [0.3, 0.4) is 0 Å². The molecule has 0 saturated heterocycles. The predicted molar refractivity (Wildman–Crippen MR) is 93.6 cm³/mol. The molecule has 0 aliphatic heterocycles. The van der Waals surface area contributed by atoms with Gasteiger partial charge in [-0.05, 0) is 37.4 Å². The highest BCUT2D eigenvalue weighted by Gasteiger charge is 2.55. The molecule has 1 aromatic carbocycles. The summed E-state index contributed by atoms with van der Waals surface area (Å²) in [4.78, 5) is 0.776. The molecule has 0 unspecified atom stereocenters. The number of hydrogen-bond donors (Lipinski definition) is 0. The lowest BCUT2D eigenvalue weighted by molar-refractivity contribution is 0.0356. The second-order valence-electron chi connectivity index (χ2n) is 4.79. The van der Waals surface area contributed by atoms with Gasteiger partial charge in [0.2, 0.25) is 0 Å². The molecule has 0 atom stereocenters. The van der Waals surface area contributed by atoms with Crippen molar-refractivity contribution in [3.05, 3.63) is 33.1 Å². The number of hydrogen-bond acceptors (Lipinski definition) is 5. The van der Waals surface area contributed by atoms with E-state index in [1.54, 1.807) is 6.07 Å². The van der Waals surface area contributed by atoms with E-state index in [1.807, 2.05) is 6.07 Å². The quantitative estimate of drug-likeness (QED) is 0.495. The Labute approximate surface area is 151 Å². The molecule has 2 rings (SSSR count). The van der Waals surface area contributed by atoms with Gasteiger partial charge in [0.15, 0.2) is 0 Å². The van der Waals surface area contributed by atoms with Gasteiger partial charge in [-0.1, -0.05) is 15.9 Å². The van der Waals surface area contributed by atoms with Crippen molar-refractivity contribution >= 4 is 44.9 Å². The van der Waals surface area contributed by atoms with E-state index in [2.05, 4.69) is 15.9 Å². The lowest BCUT2D eigenvalue weighted by Gasteiger charge is -2.26. The molecule has 1 heterocycles. The van der Waals surface area contributed by atoms with Crippen molar-refractivity contribution in [1.82, 2.24) is 0 Å². The Kier molecular flexibility index (Phi) is 6.16. The fraction of sp³-hybridized carbons (Fsp3) is 0.400. The summed E-state index contributed by atoms with van der Waals surface area (Å²) >= 11 is 4.48. The van der Waals surface area contributed by atoms with Crippen molar-refractivity contribution in [3.63, 3.8) is 0 Å². The Balaban J connectivity index is 2.58. The highest BCUT2D eigenvalue weighted by Crippen LogP contribution is 2.67. The Morgan fingerprint density at radius 1 is 1.29 bits per heavy atom. The third-order valence-electron chi connectivity index (χ3n) is 3.18. The minimum atomic E-state index is -4.67. The first-order valence-corrected chi connectivity index (χ1v) is 10.3. The Morgan fingerprint density at radius 3 is 2.46 bits per heavy atom. The largest absolute Gasteiger partial charge is 0.404 e. The maximum absolute atomic E-state index is 14.9. The molecular weight excluding hydrogens is 423 g/mol. The average molecular weight is 438 g/mol. The monoisotopic (exact) mass is 437 g/mol. The van der Waals surface area contributed by atoms with Gasteiger partial charge in [-0.15, -0.1) is 11.3 Å². The SMILES string of the molecule is CCOP(=O)(OCC)C(F)(F)c1cc2cc(CC#N)sc2cc1Br. The summed E-state index contributed by atoms with van der Waals surface area (Å²) in [7, 11) is -4.67. The molecule has 0 aliphatic rings. The van der Waals surface area contributed by atoms with Crippen LogP contribution in [0.5, 0.6) is 0 Å². The number of fused-ring (bicyclic) bond motifs is 1. The van der Waals surface area contributed by atoms with E-state index >= 15 is 0 Å². The van der Waals surface area contributed by atoms with Crippen LogP contribution in [-0.4, -0.2) is 13.2 Å². The second kappa shape index (κ2) is 7.59. The van der Waals surface area contributed by atoms with E-state index in [-0.39, 0.29) is 24.1 Å². The van der Waals surface area contributed by atoms with Crippen molar-refractivity contribution in [1.29, 1.82) is 5.26 Å². The number of halogens is 3. The molecule has 24 heavy (non-hydrogen) atoms.